The Hall–Kier alpha value is -1.89. The molecule has 0 aliphatic heterocycles. The standard InChI is InChI=1S/C16H16N4O2S3/c1-20(9-5-8-17)14(22)11-24-16-19-18-15(25-16)23-10-13(21)12-6-3-2-4-7-12/h2-4,6-7H,5,9-11H2,1H3. The Labute approximate surface area is 158 Å². The van der Waals surface area contributed by atoms with Gasteiger partial charge in [0.05, 0.1) is 24.0 Å². The number of rotatable bonds is 9. The molecule has 2 rings (SSSR count). The quantitative estimate of drug-likeness (QED) is 0.479. The number of carbonyl (C=O) groups is 2. The number of aromatic nitrogens is 2. The highest BCUT2D eigenvalue weighted by Gasteiger charge is 2.13. The number of nitrogens with zero attached hydrogens (tertiary/aromatic N) is 4. The topological polar surface area (TPSA) is 86.9 Å². The minimum Gasteiger partial charge on any atom is -0.344 e. The molecule has 0 spiro atoms. The first-order chi connectivity index (χ1) is 12.1. The summed E-state index contributed by atoms with van der Waals surface area (Å²) in [4.78, 5) is 25.5. The molecule has 25 heavy (non-hydrogen) atoms. The lowest BCUT2D eigenvalue weighted by atomic mass is 10.2. The molecule has 0 unspecified atom stereocenters. The third-order valence-corrected chi connectivity index (χ3v) is 6.29. The van der Waals surface area contributed by atoms with Crippen LogP contribution < -0.4 is 0 Å². The molecule has 1 amide bonds. The van der Waals surface area contributed by atoms with Gasteiger partial charge in [-0.25, -0.2) is 0 Å². The molecule has 0 saturated heterocycles. The van der Waals surface area contributed by atoms with E-state index in [-0.39, 0.29) is 17.4 Å². The zero-order chi connectivity index (χ0) is 18.1. The third-order valence-electron chi connectivity index (χ3n) is 3.11. The molecule has 2 aromatic rings. The van der Waals surface area contributed by atoms with Gasteiger partial charge in [0.15, 0.2) is 14.5 Å². The summed E-state index contributed by atoms with van der Waals surface area (Å²) in [5.74, 6) is 0.553. The fraction of sp³-hybridized carbons (Fsp3) is 0.312. The van der Waals surface area contributed by atoms with E-state index in [2.05, 4.69) is 10.2 Å². The Balaban J connectivity index is 1.77. The SMILES string of the molecule is CN(CCC#N)C(=O)CSc1nnc(SCC(=O)c2ccccc2)s1. The van der Waals surface area contributed by atoms with Crippen LogP contribution in [0.15, 0.2) is 39.0 Å². The van der Waals surface area contributed by atoms with Crippen molar-refractivity contribution in [3.8, 4) is 6.07 Å². The van der Waals surface area contributed by atoms with E-state index >= 15 is 0 Å². The number of thioether (sulfide) groups is 2. The Morgan fingerprint density at radius 3 is 2.44 bits per heavy atom. The Bertz CT molecular complexity index is 758. The van der Waals surface area contributed by atoms with E-state index in [1.54, 1.807) is 19.2 Å². The summed E-state index contributed by atoms with van der Waals surface area (Å²) in [5.41, 5.74) is 0.681. The monoisotopic (exact) mass is 392 g/mol. The Morgan fingerprint density at radius 2 is 1.80 bits per heavy atom. The van der Waals surface area contributed by atoms with Crippen LogP contribution in [0.2, 0.25) is 0 Å². The van der Waals surface area contributed by atoms with Gasteiger partial charge >= 0.3 is 0 Å². The third kappa shape index (κ3) is 6.49. The van der Waals surface area contributed by atoms with Gasteiger partial charge in [-0.2, -0.15) is 5.26 Å². The molecule has 0 radical (unpaired) electrons. The van der Waals surface area contributed by atoms with Gasteiger partial charge in [-0.3, -0.25) is 9.59 Å². The summed E-state index contributed by atoms with van der Waals surface area (Å²) in [7, 11) is 1.68. The molecule has 0 aliphatic carbocycles. The molecule has 0 saturated carbocycles. The van der Waals surface area contributed by atoms with Crippen LogP contribution in [-0.2, 0) is 4.79 Å². The second-order valence-corrected chi connectivity index (χ2v) is 8.35. The number of hydrogen-bond donors (Lipinski definition) is 0. The van der Waals surface area contributed by atoms with Crippen molar-refractivity contribution in [3.63, 3.8) is 0 Å². The maximum atomic E-state index is 12.1. The molecule has 0 aliphatic rings. The van der Waals surface area contributed by atoms with Crippen LogP contribution in [0, 0.1) is 11.3 Å². The maximum absolute atomic E-state index is 12.1. The first-order valence-corrected chi connectivity index (χ1v) is 10.2. The van der Waals surface area contributed by atoms with Crippen LogP contribution >= 0.6 is 34.9 Å². The van der Waals surface area contributed by atoms with E-state index in [4.69, 9.17) is 5.26 Å². The van der Waals surface area contributed by atoms with Crippen LogP contribution in [-0.4, -0.2) is 51.9 Å². The van der Waals surface area contributed by atoms with Crippen LogP contribution in [0.3, 0.4) is 0 Å². The van der Waals surface area contributed by atoms with Crippen molar-refractivity contribution < 1.29 is 9.59 Å². The van der Waals surface area contributed by atoms with Crippen molar-refractivity contribution in [1.82, 2.24) is 15.1 Å². The van der Waals surface area contributed by atoms with E-state index in [1.807, 2.05) is 24.3 Å². The van der Waals surface area contributed by atoms with Crippen molar-refractivity contribution in [3.05, 3.63) is 35.9 Å². The molecule has 130 valence electrons. The molecule has 0 atom stereocenters. The summed E-state index contributed by atoms with van der Waals surface area (Å²) in [5, 5.41) is 16.6. The summed E-state index contributed by atoms with van der Waals surface area (Å²) >= 11 is 4.03. The van der Waals surface area contributed by atoms with Crippen LogP contribution in [0.1, 0.15) is 16.8 Å². The Morgan fingerprint density at radius 1 is 1.16 bits per heavy atom. The number of ketones is 1. The molecule has 0 fully saturated rings. The van der Waals surface area contributed by atoms with Crippen molar-refractivity contribution in [2.75, 3.05) is 25.1 Å². The fourth-order valence-corrected chi connectivity index (χ4v) is 4.58. The van der Waals surface area contributed by atoms with Gasteiger partial charge in [-0.1, -0.05) is 65.2 Å². The van der Waals surface area contributed by atoms with Gasteiger partial charge in [-0.05, 0) is 0 Å². The molecular weight excluding hydrogens is 376 g/mol. The van der Waals surface area contributed by atoms with E-state index in [0.29, 0.717) is 33.0 Å². The number of hydrogen-bond acceptors (Lipinski definition) is 8. The molecule has 1 heterocycles. The second kappa shape index (κ2) is 10.2. The summed E-state index contributed by atoms with van der Waals surface area (Å²) in [6.07, 6.45) is 0.321. The van der Waals surface area contributed by atoms with Gasteiger partial charge in [0, 0.05) is 19.2 Å². The highest BCUT2D eigenvalue weighted by molar-refractivity contribution is 8.03. The van der Waals surface area contributed by atoms with E-state index in [1.165, 1.54) is 39.8 Å². The summed E-state index contributed by atoms with van der Waals surface area (Å²) < 4.78 is 1.40. The lowest BCUT2D eigenvalue weighted by Gasteiger charge is -2.14. The predicted octanol–water partition coefficient (Wildman–Crippen LogP) is 2.98. The predicted molar refractivity (Wildman–Crippen MR) is 100.0 cm³/mol. The lowest BCUT2D eigenvalue weighted by Crippen LogP contribution is -2.29. The number of Topliss-reactive ketones (excluding diaryl/α,β-unsaturated/α-hetero) is 1. The summed E-state index contributed by atoms with van der Waals surface area (Å²) in [6.45, 7) is 0.425. The molecule has 0 N–H and O–H groups in total. The number of amides is 1. The average molecular weight is 393 g/mol. The Kier molecular flexibility index (Phi) is 7.91. The van der Waals surface area contributed by atoms with E-state index in [9.17, 15) is 9.59 Å². The van der Waals surface area contributed by atoms with Crippen molar-refractivity contribution in [2.45, 2.75) is 15.1 Å². The first kappa shape index (κ1) is 19.4. The van der Waals surface area contributed by atoms with Crippen LogP contribution in [0.25, 0.3) is 0 Å². The molecule has 9 heteroatoms. The minimum absolute atomic E-state index is 0.0456. The zero-order valence-electron chi connectivity index (χ0n) is 13.5. The van der Waals surface area contributed by atoms with Crippen LogP contribution in [0.5, 0.6) is 0 Å². The van der Waals surface area contributed by atoms with Gasteiger partial charge in [-0.15, -0.1) is 10.2 Å². The molecule has 1 aromatic heterocycles. The van der Waals surface area contributed by atoms with Gasteiger partial charge in [0.25, 0.3) is 0 Å². The van der Waals surface area contributed by atoms with Gasteiger partial charge in [0.1, 0.15) is 0 Å². The second-order valence-electron chi connectivity index (χ2n) is 4.92. The number of carbonyl (C=O) groups excluding carboxylic acids is 2. The minimum atomic E-state index is -0.0519. The number of benzene rings is 1. The van der Waals surface area contributed by atoms with Crippen molar-refractivity contribution in [2.24, 2.45) is 0 Å². The lowest BCUT2D eigenvalue weighted by molar-refractivity contribution is -0.127. The highest BCUT2D eigenvalue weighted by Crippen LogP contribution is 2.29. The van der Waals surface area contributed by atoms with Crippen molar-refractivity contribution >= 4 is 46.6 Å². The summed E-state index contributed by atoms with van der Waals surface area (Å²) in [6, 6.07) is 11.1. The molecule has 6 nitrogen and oxygen atoms in total. The molecule has 0 bridgehead atoms. The van der Waals surface area contributed by atoms with Crippen LogP contribution in [0.4, 0.5) is 0 Å². The first-order valence-electron chi connectivity index (χ1n) is 7.38. The smallest absolute Gasteiger partial charge is 0.232 e. The van der Waals surface area contributed by atoms with Crippen molar-refractivity contribution in [1.29, 1.82) is 5.26 Å². The normalized spacial score (nSPS) is 10.2. The maximum Gasteiger partial charge on any atom is 0.232 e. The van der Waals surface area contributed by atoms with Gasteiger partial charge in [0.2, 0.25) is 5.91 Å². The van der Waals surface area contributed by atoms with Gasteiger partial charge < -0.3 is 4.90 Å². The fourth-order valence-electron chi connectivity index (χ4n) is 1.72. The largest absolute Gasteiger partial charge is 0.344 e. The highest BCUT2D eigenvalue weighted by atomic mass is 32.2. The van der Waals surface area contributed by atoms with E-state index in [0.717, 1.165) is 0 Å². The average Bonchev–Trinajstić information content (AvgIpc) is 3.10. The zero-order valence-corrected chi connectivity index (χ0v) is 16.0. The number of nitriles is 1. The molecule has 1 aromatic carbocycles. The molecular formula is C16H16N4O2S3. The van der Waals surface area contributed by atoms with E-state index < -0.39 is 0 Å².